The Morgan fingerprint density at radius 3 is 2.05 bits per heavy atom. The second kappa shape index (κ2) is 7.22. The molecule has 3 nitrogen and oxygen atoms in total. The average molecular weight is 281 g/mol. The fraction of sp³-hybridized carbons (Fsp3) is 0.167. The maximum Gasteiger partial charge on any atom is 0.327 e. The molecule has 0 radical (unpaired) electrons. The first-order valence-electron chi connectivity index (χ1n) is 6.68. The van der Waals surface area contributed by atoms with Gasteiger partial charge in [0.1, 0.15) is 0 Å². The average Bonchev–Trinajstić information content (AvgIpc) is 2.56. The summed E-state index contributed by atoms with van der Waals surface area (Å²) in [6.45, 7) is 0. The Morgan fingerprint density at radius 2 is 1.48 bits per heavy atom. The van der Waals surface area contributed by atoms with E-state index in [0.29, 0.717) is 5.95 Å². The van der Waals surface area contributed by atoms with Crippen LogP contribution in [0.1, 0.15) is 5.56 Å². The van der Waals surface area contributed by atoms with E-state index in [1.54, 1.807) is 14.2 Å². The highest BCUT2D eigenvalue weighted by Crippen LogP contribution is 2.23. The quantitative estimate of drug-likeness (QED) is 0.605. The Balaban J connectivity index is 2.18. The zero-order valence-corrected chi connectivity index (χ0v) is 12.5. The van der Waals surface area contributed by atoms with Gasteiger partial charge in [-0.25, -0.2) is 0 Å². The van der Waals surface area contributed by atoms with Gasteiger partial charge in [-0.05, 0) is 41.6 Å². The smallest absolute Gasteiger partial charge is 0.327 e. The van der Waals surface area contributed by atoms with Crippen LogP contribution < -0.4 is 4.90 Å². The molecule has 0 saturated carbocycles. The Bertz CT molecular complexity index is 620. The molecule has 108 valence electrons. The Morgan fingerprint density at radius 1 is 0.905 bits per heavy atom. The summed E-state index contributed by atoms with van der Waals surface area (Å²) in [7, 11) is 5.16. The van der Waals surface area contributed by atoms with Crippen LogP contribution in [0.25, 0.3) is 6.08 Å². The molecular formula is C18H19NO2. The molecule has 0 saturated heterocycles. The molecule has 21 heavy (non-hydrogen) atoms. The molecule has 0 spiro atoms. The van der Waals surface area contributed by atoms with Gasteiger partial charge < -0.3 is 14.4 Å². The molecule has 0 bridgehead atoms. The van der Waals surface area contributed by atoms with Crippen LogP contribution in [0.2, 0.25) is 0 Å². The van der Waals surface area contributed by atoms with Crippen LogP contribution in [0.3, 0.4) is 0 Å². The molecule has 0 aliphatic rings. The maximum absolute atomic E-state index is 4.98. The summed E-state index contributed by atoms with van der Waals surface area (Å²) in [5, 5.41) is 0. The van der Waals surface area contributed by atoms with Gasteiger partial charge in [-0.3, -0.25) is 0 Å². The van der Waals surface area contributed by atoms with Gasteiger partial charge in [0.05, 0.1) is 14.2 Å². The number of anilines is 2. The molecule has 0 atom stereocenters. The van der Waals surface area contributed by atoms with E-state index in [4.69, 9.17) is 9.47 Å². The molecule has 0 aliphatic carbocycles. The first-order valence-corrected chi connectivity index (χ1v) is 6.68. The van der Waals surface area contributed by atoms with Crippen LogP contribution in [0.15, 0.2) is 66.3 Å². The minimum Gasteiger partial charge on any atom is -0.463 e. The normalized spacial score (nSPS) is 9.48. The standard InChI is InChI=1S/C18H19NO2/c1-19(16-7-5-4-6-8-16)17-12-9-15(10-13-17)11-14-18(20-2)21-3/h4-13H,1-3H3. The lowest BCUT2D eigenvalue weighted by molar-refractivity contribution is 0.0968. The van der Waals surface area contributed by atoms with Gasteiger partial charge in [0, 0.05) is 18.4 Å². The predicted molar refractivity (Wildman–Crippen MR) is 86.5 cm³/mol. The van der Waals surface area contributed by atoms with Crippen LogP contribution >= 0.6 is 0 Å². The van der Waals surface area contributed by atoms with E-state index in [0.717, 1.165) is 16.9 Å². The molecule has 0 fully saturated rings. The lowest BCUT2D eigenvalue weighted by atomic mass is 10.2. The highest BCUT2D eigenvalue weighted by molar-refractivity contribution is 5.64. The van der Waals surface area contributed by atoms with Gasteiger partial charge in [-0.1, -0.05) is 30.3 Å². The van der Waals surface area contributed by atoms with E-state index >= 15 is 0 Å². The fourth-order valence-electron chi connectivity index (χ4n) is 1.94. The summed E-state index contributed by atoms with van der Waals surface area (Å²) in [5.74, 6) is 0.362. The van der Waals surface area contributed by atoms with Crippen LogP contribution in [-0.2, 0) is 9.47 Å². The second-order valence-corrected chi connectivity index (χ2v) is 4.47. The van der Waals surface area contributed by atoms with Gasteiger partial charge in [-0.15, -0.1) is 0 Å². The van der Waals surface area contributed by atoms with Gasteiger partial charge in [0.15, 0.2) is 0 Å². The van der Waals surface area contributed by atoms with Crippen molar-refractivity contribution in [3.8, 4) is 0 Å². The Labute approximate surface area is 125 Å². The number of para-hydroxylation sites is 1. The molecule has 2 aromatic carbocycles. The van der Waals surface area contributed by atoms with Crippen molar-refractivity contribution in [2.75, 3.05) is 26.2 Å². The monoisotopic (exact) mass is 281 g/mol. The third-order valence-corrected chi connectivity index (χ3v) is 3.15. The summed E-state index contributed by atoms with van der Waals surface area (Å²) in [4.78, 5) is 2.14. The summed E-state index contributed by atoms with van der Waals surface area (Å²) < 4.78 is 9.97. The molecular weight excluding hydrogens is 262 g/mol. The number of hydrogen-bond acceptors (Lipinski definition) is 3. The van der Waals surface area contributed by atoms with Crippen LogP contribution in [0.5, 0.6) is 0 Å². The third kappa shape index (κ3) is 3.91. The van der Waals surface area contributed by atoms with E-state index in [-0.39, 0.29) is 0 Å². The first kappa shape index (κ1) is 14.8. The van der Waals surface area contributed by atoms with Crippen molar-refractivity contribution in [1.82, 2.24) is 0 Å². The van der Waals surface area contributed by atoms with Crippen molar-refractivity contribution in [2.24, 2.45) is 0 Å². The SMILES string of the molecule is COC(=C=Cc1ccc(N(C)c2ccccc2)cc1)OC. The molecule has 3 heteroatoms. The largest absolute Gasteiger partial charge is 0.463 e. The number of rotatable bonds is 5. The van der Waals surface area contributed by atoms with Crippen molar-refractivity contribution in [3.05, 3.63) is 71.8 Å². The van der Waals surface area contributed by atoms with Gasteiger partial charge in [0.2, 0.25) is 0 Å². The second-order valence-electron chi connectivity index (χ2n) is 4.47. The highest BCUT2D eigenvalue weighted by Gasteiger charge is 2.02. The minimum absolute atomic E-state index is 0.362. The van der Waals surface area contributed by atoms with E-state index < -0.39 is 0 Å². The molecule has 2 aromatic rings. The summed E-state index contributed by atoms with van der Waals surface area (Å²) in [5.41, 5.74) is 6.26. The van der Waals surface area contributed by atoms with E-state index in [1.807, 2.05) is 43.5 Å². The van der Waals surface area contributed by atoms with E-state index in [2.05, 4.69) is 34.9 Å². The molecule has 0 N–H and O–H groups in total. The summed E-state index contributed by atoms with van der Waals surface area (Å²) >= 11 is 0. The molecule has 0 aliphatic heterocycles. The summed E-state index contributed by atoms with van der Waals surface area (Å²) in [6.07, 6.45) is 1.83. The zero-order valence-electron chi connectivity index (χ0n) is 12.5. The topological polar surface area (TPSA) is 21.7 Å². The van der Waals surface area contributed by atoms with Gasteiger partial charge in [0.25, 0.3) is 0 Å². The van der Waals surface area contributed by atoms with Crippen molar-refractivity contribution in [2.45, 2.75) is 0 Å². The van der Waals surface area contributed by atoms with E-state index in [9.17, 15) is 0 Å². The van der Waals surface area contributed by atoms with Gasteiger partial charge >= 0.3 is 5.95 Å². The number of benzene rings is 2. The summed E-state index contributed by atoms with van der Waals surface area (Å²) in [6, 6.07) is 18.4. The minimum atomic E-state index is 0.362. The third-order valence-electron chi connectivity index (χ3n) is 3.15. The van der Waals surface area contributed by atoms with Crippen molar-refractivity contribution >= 4 is 17.5 Å². The molecule has 0 amide bonds. The van der Waals surface area contributed by atoms with Crippen LogP contribution in [-0.4, -0.2) is 21.3 Å². The molecule has 2 rings (SSSR count). The maximum atomic E-state index is 4.98. The Hall–Kier alpha value is -2.64. The highest BCUT2D eigenvalue weighted by atomic mass is 16.7. The number of hydrogen-bond donors (Lipinski definition) is 0. The molecule has 0 unspecified atom stereocenters. The van der Waals surface area contributed by atoms with Crippen molar-refractivity contribution in [1.29, 1.82) is 0 Å². The van der Waals surface area contributed by atoms with Crippen LogP contribution in [0.4, 0.5) is 11.4 Å². The van der Waals surface area contributed by atoms with E-state index in [1.165, 1.54) is 0 Å². The molecule has 0 heterocycles. The Kier molecular flexibility index (Phi) is 5.08. The van der Waals surface area contributed by atoms with Crippen LogP contribution in [0, 0.1) is 0 Å². The fourth-order valence-corrected chi connectivity index (χ4v) is 1.94. The molecule has 0 aromatic heterocycles. The lowest BCUT2D eigenvalue weighted by Gasteiger charge is -2.19. The first-order chi connectivity index (χ1) is 10.2. The predicted octanol–water partition coefficient (Wildman–Crippen LogP) is 4.20. The van der Waals surface area contributed by atoms with Crippen molar-refractivity contribution in [3.63, 3.8) is 0 Å². The number of ether oxygens (including phenoxy) is 2. The number of nitrogens with zero attached hydrogens (tertiary/aromatic N) is 1. The number of methoxy groups -OCH3 is 2. The van der Waals surface area contributed by atoms with Crippen molar-refractivity contribution < 1.29 is 9.47 Å². The van der Waals surface area contributed by atoms with Gasteiger partial charge in [-0.2, -0.15) is 0 Å². The zero-order chi connectivity index (χ0) is 15.1. The lowest BCUT2D eigenvalue weighted by Crippen LogP contribution is -2.08.